The second-order valence-corrected chi connectivity index (χ2v) is 3.29. The van der Waals surface area contributed by atoms with E-state index >= 15 is 0 Å². The average molecular weight is 220 g/mol. The third-order valence-corrected chi connectivity index (χ3v) is 2.02. The summed E-state index contributed by atoms with van der Waals surface area (Å²) < 4.78 is 8.21. The predicted octanol–water partition coefficient (Wildman–Crippen LogP) is 0.782. The van der Waals surface area contributed by atoms with Crippen molar-refractivity contribution < 1.29 is 9.53 Å². The average Bonchev–Trinajstić information content (AvgIpc) is 2.85. The van der Waals surface area contributed by atoms with Crippen LogP contribution in [0, 0.1) is 0 Å². The number of esters is 1. The lowest BCUT2D eigenvalue weighted by Crippen LogP contribution is -2.03. The fourth-order valence-corrected chi connectivity index (χ4v) is 1.29. The Morgan fingerprint density at radius 3 is 2.94 bits per heavy atom. The third-order valence-electron chi connectivity index (χ3n) is 2.02. The Morgan fingerprint density at radius 1 is 1.50 bits per heavy atom. The molecule has 0 unspecified atom stereocenters. The van der Waals surface area contributed by atoms with E-state index in [4.69, 9.17) is 4.74 Å². The maximum Gasteiger partial charge on any atom is 0.341 e. The van der Waals surface area contributed by atoms with Gasteiger partial charge in [-0.15, -0.1) is 0 Å². The van der Waals surface area contributed by atoms with E-state index < -0.39 is 0 Å². The quantitative estimate of drug-likeness (QED) is 0.717. The summed E-state index contributed by atoms with van der Waals surface area (Å²) in [7, 11) is 1.87. The summed E-state index contributed by atoms with van der Waals surface area (Å²) in [4.78, 5) is 15.5. The van der Waals surface area contributed by atoms with E-state index in [1.165, 1.54) is 10.9 Å². The van der Waals surface area contributed by atoms with Crippen LogP contribution in [0.25, 0.3) is 5.82 Å². The van der Waals surface area contributed by atoms with Gasteiger partial charge in [0.05, 0.1) is 24.7 Å². The highest BCUT2D eigenvalue weighted by atomic mass is 16.5. The van der Waals surface area contributed by atoms with E-state index in [9.17, 15) is 4.79 Å². The molecule has 6 nitrogen and oxygen atoms in total. The minimum atomic E-state index is -0.371. The number of aryl methyl sites for hydroxylation is 1. The van der Waals surface area contributed by atoms with Crippen LogP contribution in [0.5, 0.6) is 0 Å². The molecule has 84 valence electrons. The molecule has 2 heterocycles. The topological polar surface area (TPSA) is 61.9 Å². The number of carbonyl (C=O) groups excluding carboxylic acids is 1. The third kappa shape index (κ3) is 1.95. The number of imidazole rings is 1. The lowest BCUT2D eigenvalue weighted by molar-refractivity contribution is 0.0526. The standard InChI is InChI=1S/C10H12N4O2/c1-3-16-10(15)8-4-12-14(5-8)9-6-13(2)7-11-9/h4-7H,3H2,1-2H3. The van der Waals surface area contributed by atoms with Crippen LogP contribution < -0.4 is 0 Å². The Bertz CT molecular complexity index is 500. The highest BCUT2D eigenvalue weighted by Crippen LogP contribution is 2.06. The first-order valence-corrected chi connectivity index (χ1v) is 4.91. The van der Waals surface area contributed by atoms with Crippen molar-refractivity contribution >= 4 is 5.97 Å². The first kappa shape index (κ1) is 10.4. The van der Waals surface area contributed by atoms with Gasteiger partial charge in [-0.25, -0.2) is 14.5 Å². The smallest absolute Gasteiger partial charge is 0.341 e. The molecule has 0 aliphatic rings. The minimum Gasteiger partial charge on any atom is -0.462 e. The van der Waals surface area contributed by atoms with Crippen molar-refractivity contribution in [2.45, 2.75) is 6.92 Å². The van der Waals surface area contributed by atoms with Crippen molar-refractivity contribution in [3.8, 4) is 5.82 Å². The maximum atomic E-state index is 11.4. The van der Waals surface area contributed by atoms with Gasteiger partial charge in [-0.1, -0.05) is 0 Å². The Kier molecular flexibility index (Phi) is 2.72. The zero-order valence-corrected chi connectivity index (χ0v) is 9.12. The highest BCUT2D eigenvalue weighted by molar-refractivity contribution is 5.88. The number of hydrogen-bond acceptors (Lipinski definition) is 4. The summed E-state index contributed by atoms with van der Waals surface area (Å²) in [6, 6.07) is 0. The van der Waals surface area contributed by atoms with E-state index in [0.717, 1.165) is 0 Å². The van der Waals surface area contributed by atoms with Crippen LogP contribution in [0.4, 0.5) is 0 Å². The zero-order chi connectivity index (χ0) is 11.5. The summed E-state index contributed by atoms with van der Waals surface area (Å²) in [5.74, 6) is 0.294. The molecule has 0 amide bonds. The SMILES string of the molecule is CCOC(=O)c1cnn(-c2cn(C)cn2)c1. The van der Waals surface area contributed by atoms with Gasteiger partial charge in [-0.3, -0.25) is 0 Å². The van der Waals surface area contributed by atoms with Crippen molar-refractivity contribution in [2.24, 2.45) is 7.05 Å². The van der Waals surface area contributed by atoms with Gasteiger partial charge >= 0.3 is 5.97 Å². The van der Waals surface area contributed by atoms with Gasteiger partial charge in [0.25, 0.3) is 0 Å². The van der Waals surface area contributed by atoms with E-state index in [1.54, 1.807) is 24.0 Å². The first-order valence-electron chi connectivity index (χ1n) is 4.91. The molecule has 0 bridgehead atoms. The van der Waals surface area contributed by atoms with Gasteiger partial charge in [0.1, 0.15) is 0 Å². The lowest BCUT2D eigenvalue weighted by atomic mass is 10.4. The maximum absolute atomic E-state index is 11.4. The molecule has 0 aliphatic carbocycles. The predicted molar refractivity (Wildman–Crippen MR) is 56.3 cm³/mol. The molecule has 0 spiro atoms. The van der Waals surface area contributed by atoms with Crippen molar-refractivity contribution in [2.75, 3.05) is 6.61 Å². The second-order valence-electron chi connectivity index (χ2n) is 3.29. The van der Waals surface area contributed by atoms with Gasteiger partial charge in [0.2, 0.25) is 0 Å². The molecule has 0 aromatic carbocycles. The van der Waals surface area contributed by atoms with E-state index in [2.05, 4.69) is 10.1 Å². The molecular formula is C10H12N4O2. The number of aromatic nitrogens is 4. The van der Waals surface area contributed by atoms with Crippen LogP contribution in [0.3, 0.4) is 0 Å². The van der Waals surface area contributed by atoms with Crippen LogP contribution in [0.1, 0.15) is 17.3 Å². The summed E-state index contributed by atoms with van der Waals surface area (Å²) in [6.45, 7) is 2.12. The normalized spacial score (nSPS) is 10.4. The van der Waals surface area contributed by atoms with Crippen molar-refractivity contribution in [3.05, 3.63) is 30.5 Å². The number of carbonyl (C=O) groups is 1. The molecule has 2 aromatic heterocycles. The van der Waals surface area contributed by atoms with Gasteiger partial charge in [0.15, 0.2) is 5.82 Å². The molecule has 2 rings (SSSR count). The molecule has 0 N–H and O–H groups in total. The summed E-state index contributed by atoms with van der Waals surface area (Å²) in [6.07, 6.45) is 6.54. The van der Waals surface area contributed by atoms with Gasteiger partial charge < -0.3 is 9.30 Å². The lowest BCUT2D eigenvalue weighted by Gasteiger charge is -1.96. The van der Waals surface area contributed by atoms with Crippen molar-refractivity contribution in [1.82, 2.24) is 19.3 Å². The fraction of sp³-hybridized carbons (Fsp3) is 0.300. The van der Waals surface area contributed by atoms with Gasteiger partial charge in [0, 0.05) is 19.4 Å². The Morgan fingerprint density at radius 2 is 2.31 bits per heavy atom. The Balaban J connectivity index is 2.22. The number of ether oxygens (including phenoxy) is 1. The largest absolute Gasteiger partial charge is 0.462 e. The van der Waals surface area contributed by atoms with Crippen LogP contribution in [-0.4, -0.2) is 31.9 Å². The molecular weight excluding hydrogens is 208 g/mol. The molecule has 0 aliphatic heterocycles. The van der Waals surface area contributed by atoms with Crippen molar-refractivity contribution in [1.29, 1.82) is 0 Å². The molecule has 6 heteroatoms. The number of hydrogen-bond donors (Lipinski definition) is 0. The molecule has 0 saturated heterocycles. The second kappa shape index (κ2) is 4.18. The van der Waals surface area contributed by atoms with Gasteiger partial charge in [-0.2, -0.15) is 5.10 Å². The molecule has 0 saturated carbocycles. The van der Waals surface area contributed by atoms with Crippen LogP contribution in [0.2, 0.25) is 0 Å². The molecule has 0 atom stereocenters. The first-order chi connectivity index (χ1) is 7.70. The summed E-state index contributed by atoms with van der Waals surface area (Å²) in [5.41, 5.74) is 0.424. The van der Waals surface area contributed by atoms with E-state index in [1.807, 2.05) is 13.2 Å². The Labute approximate surface area is 92.5 Å². The summed E-state index contributed by atoms with van der Waals surface area (Å²) in [5, 5.41) is 4.04. The molecule has 16 heavy (non-hydrogen) atoms. The zero-order valence-electron chi connectivity index (χ0n) is 9.12. The van der Waals surface area contributed by atoms with Crippen LogP contribution in [0.15, 0.2) is 24.9 Å². The van der Waals surface area contributed by atoms with Gasteiger partial charge in [-0.05, 0) is 6.92 Å². The fourth-order valence-electron chi connectivity index (χ4n) is 1.29. The minimum absolute atomic E-state index is 0.355. The van der Waals surface area contributed by atoms with E-state index in [0.29, 0.717) is 18.0 Å². The van der Waals surface area contributed by atoms with E-state index in [-0.39, 0.29) is 5.97 Å². The Hall–Kier alpha value is -2.11. The monoisotopic (exact) mass is 220 g/mol. The molecule has 0 radical (unpaired) electrons. The molecule has 0 fully saturated rings. The van der Waals surface area contributed by atoms with Crippen LogP contribution in [-0.2, 0) is 11.8 Å². The molecule has 2 aromatic rings. The highest BCUT2D eigenvalue weighted by Gasteiger charge is 2.10. The van der Waals surface area contributed by atoms with Crippen LogP contribution >= 0.6 is 0 Å². The van der Waals surface area contributed by atoms with Crippen molar-refractivity contribution in [3.63, 3.8) is 0 Å². The number of nitrogens with zero attached hydrogens (tertiary/aromatic N) is 4. The summed E-state index contributed by atoms with van der Waals surface area (Å²) >= 11 is 0. The number of rotatable bonds is 3.